The van der Waals surface area contributed by atoms with Crippen molar-refractivity contribution < 1.29 is 4.42 Å². The number of halogens is 2. The van der Waals surface area contributed by atoms with Crippen LogP contribution >= 0.6 is 27.5 Å². The van der Waals surface area contributed by atoms with Crippen LogP contribution in [0.3, 0.4) is 0 Å². The number of benzene rings is 2. The topological polar surface area (TPSA) is 52.0 Å². The number of rotatable bonds is 1. The van der Waals surface area contributed by atoms with E-state index >= 15 is 0 Å². The molecule has 3 rings (SSSR count). The number of aryl methyl sites for hydroxylation is 1. The Hall–Kier alpha value is -1.52. The summed E-state index contributed by atoms with van der Waals surface area (Å²) in [6, 6.07) is 9.24. The van der Waals surface area contributed by atoms with E-state index in [0.717, 1.165) is 26.7 Å². The van der Waals surface area contributed by atoms with Crippen LogP contribution in [0.4, 0.5) is 5.69 Å². The lowest BCUT2D eigenvalue weighted by molar-refractivity contribution is 0.617. The summed E-state index contributed by atoms with van der Waals surface area (Å²) in [4.78, 5) is 4.45. The minimum absolute atomic E-state index is 0.501. The van der Waals surface area contributed by atoms with Crippen LogP contribution in [0.2, 0.25) is 5.02 Å². The summed E-state index contributed by atoms with van der Waals surface area (Å²) >= 11 is 9.58. The van der Waals surface area contributed by atoms with Crippen LogP contribution in [0.25, 0.3) is 22.6 Å². The lowest BCUT2D eigenvalue weighted by atomic mass is 10.2. The second-order valence-corrected chi connectivity index (χ2v) is 5.65. The summed E-state index contributed by atoms with van der Waals surface area (Å²) < 4.78 is 6.71. The average Bonchev–Trinajstić information content (AvgIpc) is 2.72. The van der Waals surface area contributed by atoms with E-state index in [9.17, 15) is 0 Å². The molecule has 3 nitrogen and oxygen atoms in total. The molecule has 3 aromatic rings. The van der Waals surface area contributed by atoms with E-state index in [1.807, 2.05) is 31.2 Å². The maximum Gasteiger partial charge on any atom is 0.228 e. The van der Waals surface area contributed by atoms with E-state index in [-0.39, 0.29) is 0 Å². The lowest BCUT2D eigenvalue weighted by Gasteiger charge is -1.99. The van der Waals surface area contributed by atoms with Gasteiger partial charge in [0.1, 0.15) is 5.52 Å². The van der Waals surface area contributed by atoms with Crippen molar-refractivity contribution in [3.05, 3.63) is 45.4 Å². The minimum atomic E-state index is 0.501. The second-order valence-electron chi connectivity index (χ2n) is 4.33. The minimum Gasteiger partial charge on any atom is -0.436 e. The number of hydrogen-bond acceptors (Lipinski definition) is 3. The Bertz CT molecular complexity index is 782. The number of oxazole rings is 1. The normalized spacial score (nSPS) is 11.1. The Balaban J connectivity index is 2.23. The van der Waals surface area contributed by atoms with Gasteiger partial charge in [-0.2, -0.15) is 0 Å². The SMILES string of the molecule is Cc1cc(N)cc2nc(-c3ccc(Br)cc3Cl)oc12. The maximum absolute atomic E-state index is 6.21. The molecule has 2 N–H and O–H groups in total. The fourth-order valence-electron chi connectivity index (χ4n) is 2.01. The molecular weight excluding hydrogens is 328 g/mol. The number of nitrogens with zero attached hydrogens (tertiary/aromatic N) is 1. The molecule has 0 saturated carbocycles. The standard InChI is InChI=1S/C14H10BrClN2O/c1-7-4-9(17)6-12-13(7)19-14(18-12)10-3-2-8(15)5-11(10)16/h2-6H,17H2,1H3. The number of aromatic nitrogens is 1. The molecule has 0 aliphatic carbocycles. The zero-order chi connectivity index (χ0) is 13.6. The molecule has 0 atom stereocenters. The molecule has 0 unspecified atom stereocenters. The summed E-state index contributed by atoms with van der Waals surface area (Å²) in [6.07, 6.45) is 0. The van der Waals surface area contributed by atoms with E-state index in [4.69, 9.17) is 21.8 Å². The summed E-state index contributed by atoms with van der Waals surface area (Å²) in [5, 5.41) is 0.589. The van der Waals surface area contributed by atoms with Crippen molar-refractivity contribution in [1.82, 2.24) is 4.98 Å². The predicted molar refractivity (Wildman–Crippen MR) is 81.3 cm³/mol. The van der Waals surface area contributed by atoms with Crippen molar-refractivity contribution >= 4 is 44.3 Å². The van der Waals surface area contributed by atoms with Gasteiger partial charge < -0.3 is 10.2 Å². The molecule has 0 amide bonds. The lowest BCUT2D eigenvalue weighted by Crippen LogP contribution is -1.85. The highest BCUT2D eigenvalue weighted by atomic mass is 79.9. The predicted octanol–water partition coefficient (Wildman–Crippen LogP) is 4.80. The average molecular weight is 338 g/mol. The van der Waals surface area contributed by atoms with E-state index in [1.54, 1.807) is 6.07 Å². The van der Waals surface area contributed by atoms with Gasteiger partial charge in [0, 0.05) is 10.2 Å². The van der Waals surface area contributed by atoms with Crippen molar-refractivity contribution in [2.24, 2.45) is 0 Å². The molecular formula is C14H10BrClN2O. The van der Waals surface area contributed by atoms with Gasteiger partial charge in [-0.25, -0.2) is 4.98 Å². The van der Waals surface area contributed by atoms with Crippen LogP contribution in [0.1, 0.15) is 5.56 Å². The van der Waals surface area contributed by atoms with Crippen molar-refractivity contribution in [2.45, 2.75) is 6.92 Å². The molecule has 0 fully saturated rings. The summed E-state index contributed by atoms with van der Waals surface area (Å²) in [6.45, 7) is 1.94. The number of anilines is 1. The fourth-order valence-corrected chi connectivity index (χ4v) is 2.76. The molecule has 1 aromatic heterocycles. The van der Waals surface area contributed by atoms with Gasteiger partial charge in [0.25, 0.3) is 0 Å². The zero-order valence-electron chi connectivity index (χ0n) is 10.1. The third-order valence-corrected chi connectivity index (χ3v) is 3.67. The van der Waals surface area contributed by atoms with Crippen LogP contribution in [-0.2, 0) is 0 Å². The first kappa shape index (κ1) is 12.5. The fraction of sp³-hybridized carbons (Fsp3) is 0.0714. The van der Waals surface area contributed by atoms with Gasteiger partial charge in [0.05, 0.1) is 10.6 Å². The molecule has 96 valence electrons. The summed E-state index contributed by atoms with van der Waals surface area (Å²) in [7, 11) is 0. The van der Waals surface area contributed by atoms with Crippen LogP contribution in [-0.4, -0.2) is 4.98 Å². The van der Waals surface area contributed by atoms with Gasteiger partial charge in [-0.1, -0.05) is 27.5 Å². The van der Waals surface area contributed by atoms with Crippen LogP contribution in [0.5, 0.6) is 0 Å². The highest BCUT2D eigenvalue weighted by molar-refractivity contribution is 9.10. The molecule has 5 heteroatoms. The van der Waals surface area contributed by atoms with Crippen molar-refractivity contribution in [3.63, 3.8) is 0 Å². The highest BCUT2D eigenvalue weighted by Gasteiger charge is 2.13. The van der Waals surface area contributed by atoms with Gasteiger partial charge in [0.2, 0.25) is 5.89 Å². The van der Waals surface area contributed by atoms with Crippen LogP contribution < -0.4 is 5.73 Å². The molecule has 0 aliphatic heterocycles. The first-order chi connectivity index (χ1) is 9.04. The smallest absolute Gasteiger partial charge is 0.228 e. The van der Waals surface area contributed by atoms with Gasteiger partial charge in [-0.05, 0) is 42.8 Å². The number of fused-ring (bicyclic) bond motifs is 1. The first-order valence-electron chi connectivity index (χ1n) is 5.66. The van der Waals surface area contributed by atoms with Gasteiger partial charge in [-0.15, -0.1) is 0 Å². The monoisotopic (exact) mass is 336 g/mol. The summed E-state index contributed by atoms with van der Waals surface area (Å²) in [5.41, 5.74) is 9.69. The summed E-state index contributed by atoms with van der Waals surface area (Å²) in [5.74, 6) is 0.501. The maximum atomic E-state index is 6.21. The van der Waals surface area contributed by atoms with E-state index in [1.165, 1.54) is 0 Å². The number of nitrogens with two attached hydrogens (primary N) is 1. The van der Waals surface area contributed by atoms with E-state index in [2.05, 4.69) is 20.9 Å². The first-order valence-corrected chi connectivity index (χ1v) is 6.84. The largest absolute Gasteiger partial charge is 0.436 e. The van der Waals surface area contributed by atoms with Crippen LogP contribution in [0.15, 0.2) is 39.2 Å². The number of nitrogen functional groups attached to an aromatic ring is 1. The molecule has 0 radical (unpaired) electrons. The molecule has 0 aliphatic rings. The third kappa shape index (κ3) is 2.22. The third-order valence-electron chi connectivity index (χ3n) is 2.86. The van der Waals surface area contributed by atoms with Crippen molar-refractivity contribution in [2.75, 3.05) is 5.73 Å². The van der Waals surface area contributed by atoms with Gasteiger partial charge >= 0.3 is 0 Å². The molecule has 0 bridgehead atoms. The van der Waals surface area contributed by atoms with Gasteiger partial charge in [0.15, 0.2) is 5.58 Å². The molecule has 0 saturated heterocycles. The van der Waals surface area contributed by atoms with E-state index < -0.39 is 0 Å². The quantitative estimate of drug-likeness (QED) is 0.649. The molecule has 19 heavy (non-hydrogen) atoms. The Morgan fingerprint density at radius 2 is 2.05 bits per heavy atom. The Morgan fingerprint density at radius 1 is 1.26 bits per heavy atom. The second kappa shape index (κ2) is 4.54. The Morgan fingerprint density at radius 3 is 2.79 bits per heavy atom. The zero-order valence-corrected chi connectivity index (χ0v) is 12.4. The Kier molecular flexibility index (Phi) is 2.99. The van der Waals surface area contributed by atoms with E-state index in [0.29, 0.717) is 16.6 Å². The molecule has 1 heterocycles. The molecule has 0 spiro atoms. The van der Waals surface area contributed by atoms with Crippen LogP contribution in [0, 0.1) is 6.92 Å². The van der Waals surface area contributed by atoms with Crippen molar-refractivity contribution in [1.29, 1.82) is 0 Å². The number of hydrogen-bond donors (Lipinski definition) is 1. The molecule has 2 aromatic carbocycles. The van der Waals surface area contributed by atoms with Gasteiger partial charge in [-0.3, -0.25) is 0 Å². The highest BCUT2D eigenvalue weighted by Crippen LogP contribution is 2.33. The Labute approximate surface area is 123 Å². The van der Waals surface area contributed by atoms with Crippen molar-refractivity contribution in [3.8, 4) is 11.5 Å².